The molecule has 0 atom stereocenters. The average molecular weight is 222 g/mol. The fraction of sp³-hybridized carbons (Fsp3) is 0.286. The molecule has 82 valence electrons. The van der Waals surface area contributed by atoms with Crippen LogP contribution in [0.4, 0.5) is 13.2 Å². The second-order valence-corrected chi connectivity index (χ2v) is 2.47. The van der Waals surface area contributed by atoms with Crippen molar-refractivity contribution >= 4 is 5.97 Å². The first-order chi connectivity index (χ1) is 6.86. The molecule has 0 radical (unpaired) electrons. The minimum atomic E-state index is -4.84. The van der Waals surface area contributed by atoms with Gasteiger partial charge in [-0.2, -0.15) is 13.2 Å². The maximum atomic E-state index is 12.3. The summed E-state index contributed by atoms with van der Waals surface area (Å²) in [7, 11) is 0.924. The molecule has 0 saturated carbocycles. The number of methoxy groups -OCH3 is 1. The maximum Gasteiger partial charge on any atom is 0.432 e. The number of aromatic amines is 1. The van der Waals surface area contributed by atoms with E-state index in [4.69, 9.17) is 0 Å². The lowest BCUT2D eigenvalue weighted by molar-refractivity contribution is -0.142. The van der Waals surface area contributed by atoms with Gasteiger partial charge in [0.2, 0.25) is 0 Å². The lowest BCUT2D eigenvalue weighted by Crippen LogP contribution is -2.23. The topological polar surface area (TPSA) is 72.0 Å². The van der Waals surface area contributed by atoms with Crippen molar-refractivity contribution in [3.8, 4) is 0 Å². The van der Waals surface area contributed by atoms with Crippen molar-refractivity contribution in [1.29, 1.82) is 0 Å². The van der Waals surface area contributed by atoms with Gasteiger partial charge in [-0.1, -0.05) is 0 Å². The summed E-state index contributed by atoms with van der Waals surface area (Å²) in [4.78, 5) is 25.9. The normalized spacial score (nSPS) is 11.2. The van der Waals surface area contributed by atoms with Gasteiger partial charge in [-0.3, -0.25) is 0 Å². The molecule has 0 spiro atoms. The number of nitrogens with one attached hydrogen (secondary N) is 1. The SMILES string of the molecule is COC(=O)c1cnc(=O)[nH]c1C(F)(F)F. The van der Waals surface area contributed by atoms with Gasteiger partial charge in [-0.05, 0) is 0 Å². The van der Waals surface area contributed by atoms with Crippen LogP contribution in [0.5, 0.6) is 0 Å². The zero-order chi connectivity index (χ0) is 11.6. The average Bonchev–Trinajstić information content (AvgIpc) is 2.15. The summed E-state index contributed by atoms with van der Waals surface area (Å²) < 4.78 is 41.1. The van der Waals surface area contributed by atoms with Crippen molar-refractivity contribution in [1.82, 2.24) is 9.97 Å². The monoisotopic (exact) mass is 222 g/mol. The number of ether oxygens (including phenoxy) is 1. The van der Waals surface area contributed by atoms with Gasteiger partial charge in [-0.15, -0.1) is 0 Å². The number of alkyl halides is 3. The van der Waals surface area contributed by atoms with Crippen molar-refractivity contribution in [2.45, 2.75) is 6.18 Å². The third-order valence-electron chi connectivity index (χ3n) is 1.50. The first kappa shape index (κ1) is 11.2. The fourth-order valence-electron chi connectivity index (χ4n) is 0.883. The second-order valence-electron chi connectivity index (χ2n) is 2.47. The number of H-pyrrole nitrogens is 1. The molecule has 5 nitrogen and oxygen atoms in total. The number of carbonyl (C=O) groups excluding carboxylic acids is 1. The molecule has 0 aliphatic rings. The number of halogens is 3. The highest BCUT2D eigenvalue weighted by molar-refractivity contribution is 5.90. The van der Waals surface area contributed by atoms with E-state index in [1.54, 1.807) is 0 Å². The lowest BCUT2D eigenvalue weighted by Gasteiger charge is -2.09. The fourth-order valence-corrected chi connectivity index (χ4v) is 0.883. The molecule has 0 aliphatic heterocycles. The molecule has 0 aliphatic carbocycles. The molecule has 0 amide bonds. The minimum Gasteiger partial charge on any atom is -0.465 e. The molecule has 8 heteroatoms. The Hall–Kier alpha value is -1.86. The Labute approximate surface area is 80.9 Å². The molecule has 0 aromatic carbocycles. The van der Waals surface area contributed by atoms with Crippen molar-refractivity contribution in [2.75, 3.05) is 7.11 Å². The zero-order valence-corrected chi connectivity index (χ0v) is 7.38. The Morgan fingerprint density at radius 3 is 2.60 bits per heavy atom. The zero-order valence-electron chi connectivity index (χ0n) is 7.38. The van der Waals surface area contributed by atoms with Gasteiger partial charge in [0, 0.05) is 6.20 Å². The van der Waals surface area contributed by atoms with Crippen LogP contribution in [0.1, 0.15) is 16.1 Å². The van der Waals surface area contributed by atoms with Crippen LogP contribution >= 0.6 is 0 Å². The van der Waals surface area contributed by atoms with E-state index in [2.05, 4.69) is 9.72 Å². The largest absolute Gasteiger partial charge is 0.465 e. The van der Waals surface area contributed by atoms with Crippen molar-refractivity contribution in [2.24, 2.45) is 0 Å². The van der Waals surface area contributed by atoms with Crippen LogP contribution in [0.3, 0.4) is 0 Å². The predicted molar refractivity (Wildman–Crippen MR) is 41.2 cm³/mol. The summed E-state index contributed by atoms with van der Waals surface area (Å²) in [6, 6.07) is 0. The molecular formula is C7H5F3N2O3. The summed E-state index contributed by atoms with van der Waals surface area (Å²) in [5.41, 5.74) is -3.48. The summed E-state index contributed by atoms with van der Waals surface area (Å²) in [5, 5.41) is 0. The maximum absolute atomic E-state index is 12.3. The predicted octanol–water partition coefficient (Wildman–Crippen LogP) is 0.575. The van der Waals surface area contributed by atoms with Crippen LogP contribution in [0.2, 0.25) is 0 Å². The van der Waals surface area contributed by atoms with E-state index in [1.165, 1.54) is 4.98 Å². The van der Waals surface area contributed by atoms with Gasteiger partial charge in [0.25, 0.3) is 0 Å². The van der Waals surface area contributed by atoms with Crippen LogP contribution in [-0.2, 0) is 10.9 Å². The van der Waals surface area contributed by atoms with Gasteiger partial charge in [0.15, 0.2) is 0 Å². The van der Waals surface area contributed by atoms with Gasteiger partial charge < -0.3 is 9.72 Å². The molecule has 1 aromatic heterocycles. The van der Waals surface area contributed by atoms with Crippen LogP contribution in [-0.4, -0.2) is 23.0 Å². The molecule has 1 heterocycles. The van der Waals surface area contributed by atoms with Crippen LogP contribution < -0.4 is 5.69 Å². The van der Waals surface area contributed by atoms with Crippen molar-refractivity contribution < 1.29 is 22.7 Å². The van der Waals surface area contributed by atoms with E-state index < -0.39 is 29.1 Å². The highest BCUT2D eigenvalue weighted by Crippen LogP contribution is 2.29. The number of carbonyl (C=O) groups is 1. The smallest absolute Gasteiger partial charge is 0.432 e. The second kappa shape index (κ2) is 3.71. The Morgan fingerprint density at radius 1 is 1.53 bits per heavy atom. The summed E-state index contributed by atoms with van der Waals surface area (Å²) in [6.07, 6.45) is -4.32. The van der Waals surface area contributed by atoms with E-state index >= 15 is 0 Å². The van der Waals surface area contributed by atoms with E-state index in [0.717, 1.165) is 7.11 Å². The summed E-state index contributed by atoms with van der Waals surface area (Å²) >= 11 is 0. The number of hydrogen-bond donors (Lipinski definition) is 1. The van der Waals surface area contributed by atoms with E-state index in [1.807, 2.05) is 0 Å². The summed E-state index contributed by atoms with van der Waals surface area (Å²) in [5.74, 6) is -1.22. The molecule has 0 unspecified atom stereocenters. The first-order valence-electron chi connectivity index (χ1n) is 3.61. The Balaban J connectivity index is 3.40. The third-order valence-corrected chi connectivity index (χ3v) is 1.50. The molecule has 1 N–H and O–H groups in total. The van der Waals surface area contributed by atoms with E-state index in [-0.39, 0.29) is 0 Å². The highest BCUT2D eigenvalue weighted by Gasteiger charge is 2.37. The Bertz CT molecular complexity index is 438. The number of hydrogen-bond acceptors (Lipinski definition) is 4. The number of aromatic nitrogens is 2. The molecule has 0 fully saturated rings. The minimum absolute atomic E-state index is 0.521. The quantitative estimate of drug-likeness (QED) is 0.705. The van der Waals surface area contributed by atoms with Gasteiger partial charge in [0.05, 0.1) is 7.11 Å². The van der Waals surface area contributed by atoms with Gasteiger partial charge >= 0.3 is 17.8 Å². The van der Waals surface area contributed by atoms with Gasteiger partial charge in [0.1, 0.15) is 11.3 Å². The molecule has 0 bridgehead atoms. The third kappa shape index (κ3) is 2.33. The van der Waals surface area contributed by atoms with Crippen LogP contribution in [0.25, 0.3) is 0 Å². The first-order valence-corrected chi connectivity index (χ1v) is 3.61. The molecule has 1 rings (SSSR count). The van der Waals surface area contributed by atoms with Crippen molar-refractivity contribution in [3.63, 3.8) is 0 Å². The molecule has 0 saturated heterocycles. The number of rotatable bonds is 1. The Kier molecular flexibility index (Phi) is 2.78. The Morgan fingerprint density at radius 2 is 2.13 bits per heavy atom. The summed E-state index contributed by atoms with van der Waals surface area (Å²) in [6.45, 7) is 0. The number of esters is 1. The van der Waals surface area contributed by atoms with E-state index in [9.17, 15) is 22.8 Å². The molecule has 15 heavy (non-hydrogen) atoms. The van der Waals surface area contributed by atoms with Crippen LogP contribution in [0, 0.1) is 0 Å². The highest BCUT2D eigenvalue weighted by atomic mass is 19.4. The van der Waals surface area contributed by atoms with Crippen molar-refractivity contribution in [3.05, 3.63) is 27.9 Å². The molecular weight excluding hydrogens is 217 g/mol. The van der Waals surface area contributed by atoms with E-state index in [0.29, 0.717) is 6.20 Å². The van der Waals surface area contributed by atoms with Gasteiger partial charge in [-0.25, -0.2) is 14.6 Å². The lowest BCUT2D eigenvalue weighted by atomic mass is 10.2. The van der Waals surface area contributed by atoms with Crippen LogP contribution in [0.15, 0.2) is 11.0 Å². The molecule has 1 aromatic rings. The number of nitrogens with zero attached hydrogens (tertiary/aromatic N) is 1. The standard InChI is InChI=1S/C7H5F3N2O3/c1-15-5(13)3-2-11-6(14)12-4(3)7(8,9)10/h2H,1H3,(H,11,12,14).